The smallest absolute Gasteiger partial charge is 0.191 e. The fourth-order valence-electron chi connectivity index (χ4n) is 2.49. The van der Waals surface area contributed by atoms with E-state index in [1.54, 1.807) is 24.1 Å². The molecule has 0 aliphatic carbocycles. The summed E-state index contributed by atoms with van der Waals surface area (Å²) in [6, 6.07) is 5.88. The summed E-state index contributed by atoms with van der Waals surface area (Å²) in [5.41, 5.74) is 1.12. The number of rotatable bonds is 5. The lowest BCUT2D eigenvalue weighted by Crippen LogP contribution is -2.39. The van der Waals surface area contributed by atoms with E-state index < -0.39 is 0 Å². The Balaban J connectivity index is 0.00000208. The van der Waals surface area contributed by atoms with E-state index in [0.717, 1.165) is 43.5 Å². The second-order valence-electron chi connectivity index (χ2n) is 5.51. The number of aliphatic imine (C=N–C) groups is 1. The number of ether oxygens (including phenoxy) is 1. The number of guanidine groups is 1. The van der Waals surface area contributed by atoms with Crippen molar-refractivity contribution >= 4 is 29.9 Å². The second-order valence-corrected chi connectivity index (χ2v) is 5.51. The van der Waals surface area contributed by atoms with Gasteiger partial charge < -0.3 is 15.4 Å². The lowest BCUT2D eigenvalue weighted by molar-refractivity contribution is 0.186. The molecule has 7 nitrogen and oxygen atoms in total. The van der Waals surface area contributed by atoms with Crippen molar-refractivity contribution in [3.05, 3.63) is 42.4 Å². The zero-order chi connectivity index (χ0) is 15.9. The highest BCUT2D eigenvalue weighted by Gasteiger charge is 2.15. The third-order valence-corrected chi connectivity index (χ3v) is 3.81. The van der Waals surface area contributed by atoms with Gasteiger partial charge >= 0.3 is 0 Å². The van der Waals surface area contributed by atoms with Gasteiger partial charge in [0, 0.05) is 51.3 Å². The molecule has 1 aliphatic rings. The molecule has 24 heavy (non-hydrogen) atoms. The van der Waals surface area contributed by atoms with E-state index in [4.69, 9.17) is 4.74 Å². The van der Waals surface area contributed by atoms with Crippen LogP contribution in [0.2, 0.25) is 0 Å². The van der Waals surface area contributed by atoms with Crippen LogP contribution < -0.4 is 10.6 Å². The van der Waals surface area contributed by atoms with Crippen LogP contribution in [0.1, 0.15) is 12.0 Å². The van der Waals surface area contributed by atoms with Crippen molar-refractivity contribution in [1.82, 2.24) is 25.4 Å². The van der Waals surface area contributed by atoms with Crippen molar-refractivity contribution in [3.8, 4) is 5.82 Å². The number of aromatic nitrogens is 3. The predicted octanol–water partition coefficient (Wildman–Crippen LogP) is 1.59. The topological polar surface area (TPSA) is 76.4 Å². The average molecular weight is 442 g/mol. The highest BCUT2D eigenvalue weighted by atomic mass is 127. The Kier molecular flexibility index (Phi) is 7.44. The van der Waals surface area contributed by atoms with Crippen molar-refractivity contribution in [1.29, 1.82) is 0 Å². The minimum absolute atomic E-state index is 0. The summed E-state index contributed by atoms with van der Waals surface area (Å²) in [5, 5.41) is 10.9. The van der Waals surface area contributed by atoms with Gasteiger partial charge in [-0.3, -0.25) is 4.99 Å². The van der Waals surface area contributed by atoms with E-state index in [1.807, 2.05) is 24.4 Å². The zero-order valence-corrected chi connectivity index (χ0v) is 16.0. The second kappa shape index (κ2) is 9.58. The molecule has 0 spiro atoms. The monoisotopic (exact) mass is 442 g/mol. The van der Waals surface area contributed by atoms with Gasteiger partial charge in [0.2, 0.25) is 0 Å². The first-order valence-electron chi connectivity index (χ1n) is 7.82. The summed E-state index contributed by atoms with van der Waals surface area (Å²) < 4.78 is 7.13. The summed E-state index contributed by atoms with van der Waals surface area (Å²) in [5.74, 6) is 2.18. The molecule has 3 rings (SSSR count). The molecule has 1 saturated heterocycles. The largest absolute Gasteiger partial charge is 0.381 e. The Labute approximate surface area is 158 Å². The molecule has 0 aromatic carbocycles. The van der Waals surface area contributed by atoms with Crippen molar-refractivity contribution < 1.29 is 4.74 Å². The quantitative estimate of drug-likeness (QED) is 0.418. The van der Waals surface area contributed by atoms with E-state index in [9.17, 15) is 0 Å². The molecule has 0 amide bonds. The minimum atomic E-state index is 0. The first-order chi connectivity index (χ1) is 11.3. The van der Waals surface area contributed by atoms with Crippen LogP contribution in [0, 0.1) is 5.92 Å². The number of halogens is 1. The normalized spacial score (nSPS) is 17.4. The molecule has 1 atom stereocenters. The van der Waals surface area contributed by atoms with Crippen LogP contribution >= 0.6 is 24.0 Å². The molecule has 1 aliphatic heterocycles. The highest BCUT2D eigenvalue weighted by Crippen LogP contribution is 2.10. The van der Waals surface area contributed by atoms with Gasteiger partial charge in [-0.1, -0.05) is 0 Å². The maximum Gasteiger partial charge on any atom is 0.191 e. The zero-order valence-electron chi connectivity index (χ0n) is 13.7. The van der Waals surface area contributed by atoms with E-state index in [1.165, 1.54) is 0 Å². The molecule has 2 N–H and O–H groups in total. The Morgan fingerprint density at radius 1 is 1.42 bits per heavy atom. The SMILES string of the molecule is CN=C(NCc1ccnc(-n2cccn2)c1)NCC1CCOC1.I. The highest BCUT2D eigenvalue weighted by molar-refractivity contribution is 14.0. The molecule has 1 unspecified atom stereocenters. The number of hydrogen-bond donors (Lipinski definition) is 2. The van der Waals surface area contributed by atoms with Crippen LogP contribution in [-0.2, 0) is 11.3 Å². The maximum absolute atomic E-state index is 5.39. The van der Waals surface area contributed by atoms with E-state index in [2.05, 4.69) is 25.7 Å². The van der Waals surface area contributed by atoms with Crippen LogP contribution in [0.5, 0.6) is 0 Å². The summed E-state index contributed by atoms with van der Waals surface area (Å²) in [6.45, 7) is 3.26. The molecule has 130 valence electrons. The van der Waals surface area contributed by atoms with Gasteiger partial charge in [-0.15, -0.1) is 24.0 Å². The number of nitrogens with zero attached hydrogens (tertiary/aromatic N) is 4. The average Bonchev–Trinajstić information content (AvgIpc) is 3.29. The van der Waals surface area contributed by atoms with Crippen LogP contribution in [0.4, 0.5) is 0 Å². The predicted molar refractivity (Wildman–Crippen MR) is 104 cm³/mol. The van der Waals surface area contributed by atoms with Crippen molar-refractivity contribution in [3.63, 3.8) is 0 Å². The van der Waals surface area contributed by atoms with Gasteiger partial charge in [0.1, 0.15) is 0 Å². The number of pyridine rings is 1. The molecule has 0 saturated carbocycles. The molecule has 8 heteroatoms. The van der Waals surface area contributed by atoms with Gasteiger partial charge in [-0.25, -0.2) is 9.67 Å². The summed E-state index contributed by atoms with van der Waals surface area (Å²) >= 11 is 0. The lowest BCUT2D eigenvalue weighted by atomic mass is 10.1. The Morgan fingerprint density at radius 3 is 3.04 bits per heavy atom. The molecular weight excluding hydrogens is 419 g/mol. The third kappa shape index (κ3) is 5.17. The van der Waals surface area contributed by atoms with Gasteiger partial charge in [0.15, 0.2) is 11.8 Å². The van der Waals surface area contributed by atoms with Gasteiger partial charge in [0.05, 0.1) is 6.61 Å². The minimum Gasteiger partial charge on any atom is -0.381 e. The maximum atomic E-state index is 5.39. The van der Waals surface area contributed by atoms with Crippen LogP contribution in [0.25, 0.3) is 5.82 Å². The van der Waals surface area contributed by atoms with E-state index in [-0.39, 0.29) is 24.0 Å². The summed E-state index contributed by atoms with van der Waals surface area (Å²) in [7, 11) is 1.78. The van der Waals surface area contributed by atoms with Crippen LogP contribution in [0.3, 0.4) is 0 Å². The van der Waals surface area contributed by atoms with Crippen molar-refractivity contribution in [2.75, 3.05) is 26.8 Å². The fraction of sp³-hybridized carbons (Fsp3) is 0.438. The van der Waals surface area contributed by atoms with E-state index in [0.29, 0.717) is 12.5 Å². The third-order valence-electron chi connectivity index (χ3n) is 3.81. The molecule has 0 bridgehead atoms. The van der Waals surface area contributed by atoms with Gasteiger partial charge in [-0.2, -0.15) is 5.10 Å². The number of nitrogens with one attached hydrogen (secondary N) is 2. The Bertz CT molecular complexity index is 640. The summed E-state index contributed by atoms with van der Waals surface area (Å²) in [4.78, 5) is 8.59. The van der Waals surface area contributed by atoms with Gasteiger partial charge in [0.25, 0.3) is 0 Å². The molecule has 2 aromatic rings. The number of hydrogen-bond acceptors (Lipinski definition) is 4. The van der Waals surface area contributed by atoms with Crippen LogP contribution in [0.15, 0.2) is 41.8 Å². The summed E-state index contributed by atoms with van der Waals surface area (Å²) in [6.07, 6.45) is 6.52. The molecule has 1 fully saturated rings. The molecule has 3 heterocycles. The first-order valence-corrected chi connectivity index (χ1v) is 7.82. The molecule has 0 radical (unpaired) electrons. The molecule has 2 aromatic heterocycles. The van der Waals surface area contributed by atoms with E-state index >= 15 is 0 Å². The fourth-order valence-corrected chi connectivity index (χ4v) is 2.49. The van der Waals surface area contributed by atoms with Crippen LogP contribution in [-0.4, -0.2) is 47.5 Å². The van der Waals surface area contributed by atoms with Crippen molar-refractivity contribution in [2.24, 2.45) is 10.9 Å². The molecular formula is C16H23IN6O. The van der Waals surface area contributed by atoms with Gasteiger partial charge in [-0.05, 0) is 30.2 Å². The van der Waals surface area contributed by atoms with Crippen molar-refractivity contribution in [2.45, 2.75) is 13.0 Å². The lowest BCUT2D eigenvalue weighted by Gasteiger charge is -2.14. The first kappa shape index (κ1) is 18.7. The standard InChI is InChI=1S/C16H22N6O.HI/c1-17-16(20-11-14-4-8-23-12-14)19-10-13-3-6-18-15(9-13)22-7-2-5-21-22;/h2-3,5-7,9,14H,4,8,10-12H2,1H3,(H2,17,19,20);1H. The Hall–Kier alpha value is -1.68. The Morgan fingerprint density at radius 2 is 2.33 bits per heavy atom.